The Labute approximate surface area is 186 Å². The molecule has 0 aromatic heterocycles. The van der Waals surface area contributed by atoms with E-state index in [9.17, 15) is 4.79 Å². The summed E-state index contributed by atoms with van der Waals surface area (Å²) in [5.74, 6) is 2.50. The van der Waals surface area contributed by atoms with E-state index in [2.05, 4.69) is 21.2 Å². The first-order valence-electron chi connectivity index (χ1n) is 9.87. The van der Waals surface area contributed by atoms with Crippen LogP contribution in [-0.4, -0.2) is 25.9 Å². The number of para-hydroxylation sites is 1. The van der Waals surface area contributed by atoms with E-state index in [0.717, 1.165) is 15.7 Å². The van der Waals surface area contributed by atoms with E-state index < -0.39 is 6.17 Å². The zero-order chi connectivity index (χ0) is 20.9. The fraction of sp³-hybridized carbons (Fsp3) is 0.174. The quantitative estimate of drug-likeness (QED) is 0.572. The van der Waals surface area contributed by atoms with Crippen molar-refractivity contribution in [3.63, 3.8) is 0 Å². The second kappa shape index (κ2) is 7.09. The molecular formula is C23H17BrN2O5. The highest BCUT2D eigenvalue weighted by atomic mass is 79.9. The van der Waals surface area contributed by atoms with E-state index in [1.165, 1.54) is 0 Å². The number of amides is 1. The molecule has 7 nitrogen and oxygen atoms in total. The Bertz CT molecular complexity index is 1210. The van der Waals surface area contributed by atoms with Gasteiger partial charge >= 0.3 is 0 Å². The van der Waals surface area contributed by atoms with E-state index in [4.69, 9.17) is 18.9 Å². The van der Waals surface area contributed by atoms with Crippen molar-refractivity contribution in [3.8, 4) is 23.0 Å². The summed E-state index contributed by atoms with van der Waals surface area (Å²) in [5.41, 5.74) is 2.94. The lowest BCUT2D eigenvalue weighted by molar-refractivity contribution is 0.0974. The third-order valence-corrected chi connectivity index (χ3v) is 6.08. The number of ether oxygens (including phenoxy) is 4. The molecule has 6 rings (SSSR count). The van der Waals surface area contributed by atoms with Gasteiger partial charge in [-0.3, -0.25) is 9.69 Å². The molecule has 0 spiro atoms. The van der Waals surface area contributed by atoms with E-state index in [1.807, 2.05) is 54.6 Å². The molecule has 31 heavy (non-hydrogen) atoms. The molecule has 0 saturated heterocycles. The van der Waals surface area contributed by atoms with Gasteiger partial charge in [-0.15, -0.1) is 0 Å². The molecule has 8 heteroatoms. The van der Waals surface area contributed by atoms with Crippen molar-refractivity contribution in [1.82, 2.24) is 0 Å². The zero-order valence-electron chi connectivity index (χ0n) is 16.3. The van der Waals surface area contributed by atoms with Crippen LogP contribution in [0.25, 0.3) is 0 Å². The molecule has 156 valence electrons. The lowest BCUT2D eigenvalue weighted by atomic mass is 10.0. The van der Waals surface area contributed by atoms with Crippen molar-refractivity contribution in [3.05, 3.63) is 70.2 Å². The van der Waals surface area contributed by atoms with Crippen LogP contribution >= 0.6 is 15.9 Å². The number of rotatable bonds is 2. The Hall–Kier alpha value is -3.39. The summed E-state index contributed by atoms with van der Waals surface area (Å²) in [6, 6.07) is 16.9. The minimum absolute atomic E-state index is 0.107. The van der Waals surface area contributed by atoms with Gasteiger partial charge in [0.05, 0.1) is 15.7 Å². The third kappa shape index (κ3) is 2.97. The molecular weight excluding hydrogens is 464 g/mol. The van der Waals surface area contributed by atoms with Crippen molar-refractivity contribution in [2.45, 2.75) is 6.17 Å². The molecule has 3 aromatic rings. The average molecular weight is 481 g/mol. The Morgan fingerprint density at radius 2 is 1.74 bits per heavy atom. The first-order chi connectivity index (χ1) is 15.2. The van der Waals surface area contributed by atoms with Gasteiger partial charge in [0.2, 0.25) is 6.79 Å². The fourth-order valence-electron chi connectivity index (χ4n) is 4.08. The summed E-state index contributed by atoms with van der Waals surface area (Å²) >= 11 is 3.56. The predicted octanol–water partition coefficient (Wildman–Crippen LogP) is 4.72. The maximum absolute atomic E-state index is 13.6. The van der Waals surface area contributed by atoms with E-state index in [-0.39, 0.29) is 12.7 Å². The van der Waals surface area contributed by atoms with E-state index in [1.54, 1.807) is 4.90 Å². The standard InChI is InChI=1S/C23H17BrN2O5/c24-16-9-13(10-20-21(16)31-12-30-20)22-25-17-4-2-1-3-15(17)23(27)26(22)14-5-6-18-19(11-14)29-8-7-28-18/h1-6,9-11,22,25H,7-8,12H2/t22-/m1/s1. The number of nitrogens with one attached hydrogen (secondary N) is 1. The number of carbonyl (C=O) groups excluding carboxylic acids is 1. The lowest BCUT2D eigenvalue weighted by Gasteiger charge is -2.38. The summed E-state index contributed by atoms with van der Waals surface area (Å²) in [6.45, 7) is 1.16. The first kappa shape index (κ1) is 18.4. The molecule has 3 heterocycles. The number of benzene rings is 3. The molecule has 3 aromatic carbocycles. The van der Waals surface area contributed by atoms with Crippen LogP contribution in [-0.2, 0) is 0 Å². The molecule has 0 fully saturated rings. The molecule has 1 N–H and O–H groups in total. The van der Waals surface area contributed by atoms with Crippen LogP contribution in [0.1, 0.15) is 22.1 Å². The highest BCUT2D eigenvalue weighted by Crippen LogP contribution is 2.45. The van der Waals surface area contributed by atoms with Crippen LogP contribution in [0.4, 0.5) is 11.4 Å². The maximum atomic E-state index is 13.6. The number of carbonyl (C=O) groups is 1. The van der Waals surface area contributed by atoms with Gasteiger partial charge in [0.25, 0.3) is 5.91 Å². The Balaban J connectivity index is 1.50. The third-order valence-electron chi connectivity index (χ3n) is 5.50. The number of hydrogen-bond donors (Lipinski definition) is 1. The van der Waals surface area contributed by atoms with Crippen molar-refractivity contribution in [1.29, 1.82) is 0 Å². The van der Waals surface area contributed by atoms with Gasteiger partial charge in [0, 0.05) is 17.3 Å². The Morgan fingerprint density at radius 1 is 0.903 bits per heavy atom. The summed E-state index contributed by atoms with van der Waals surface area (Å²) < 4.78 is 23.3. The van der Waals surface area contributed by atoms with Crippen molar-refractivity contribution < 1.29 is 23.7 Å². The summed E-state index contributed by atoms with van der Waals surface area (Å²) in [6.07, 6.45) is -0.462. The highest BCUT2D eigenvalue weighted by Gasteiger charge is 2.36. The second-order valence-corrected chi connectivity index (χ2v) is 8.19. The number of anilines is 2. The lowest BCUT2D eigenvalue weighted by Crippen LogP contribution is -2.43. The Kier molecular flexibility index (Phi) is 4.21. The van der Waals surface area contributed by atoms with Crippen LogP contribution < -0.4 is 29.2 Å². The van der Waals surface area contributed by atoms with Crippen LogP contribution in [0.2, 0.25) is 0 Å². The largest absolute Gasteiger partial charge is 0.486 e. The molecule has 0 bridgehead atoms. The summed E-state index contributed by atoms with van der Waals surface area (Å²) in [4.78, 5) is 15.4. The minimum atomic E-state index is -0.462. The SMILES string of the molecule is O=C1c2ccccc2N[C@@H](c2cc(Br)c3c(c2)OCO3)N1c1ccc2c(c1)OCCO2. The molecule has 0 radical (unpaired) electrons. The topological polar surface area (TPSA) is 69.3 Å². The van der Waals surface area contributed by atoms with Gasteiger partial charge in [-0.05, 0) is 52.3 Å². The van der Waals surface area contributed by atoms with Gasteiger partial charge < -0.3 is 24.3 Å². The number of fused-ring (bicyclic) bond motifs is 3. The van der Waals surface area contributed by atoms with Crippen LogP contribution in [0.5, 0.6) is 23.0 Å². The highest BCUT2D eigenvalue weighted by molar-refractivity contribution is 9.10. The fourth-order valence-corrected chi connectivity index (χ4v) is 4.65. The molecule has 3 aliphatic heterocycles. The number of halogens is 1. The molecule has 1 amide bonds. The van der Waals surface area contributed by atoms with Gasteiger partial charge in [-0.1, -0.05) is 12.1 Å². The average Bonchev–Trinajstić information content (AvgIpc) is 3.28. The van der Waals surface area contributed by atoms with E-state index in [0.29, 0.717) is 47.5 Å². The van der Waals surface area contributed by atoms with Crippen LogP contribution in [0.3, 0.4) is 0 Å². The number of hydrogen-bond acceptors (Lipinski definition) is 6. The summed E-state index contributed by atoms with van der Waals surface area (Å²) in [5, 5.41) is 3.51. The summed E-state index contributed by atoms with van der Waals surface area (Å²) in [7, 11) is 0. The van der Waals surface area contributed by atoms with Crippen molar-refractivity contribution in [2.75, 3.05) is 30.2 Å². The van der Waals surface area contributed by atoms with Crippen molar-refractivity contribution in [2.24, 2.45) is 0 Å². The maximum Gasteiger partial charge on any atom is 0.262 e. The molecule has 0 unspecified atom stereocenters. The normalized spacial score (nSPS) is 18.4. The van der Waals surface area contributed by atoms with E-state index >= 15 is 0 Å². The smallest absolute Gasteiger partial charge is 0.262 e. The second-order valence-electron chi connectivity index (χ2n) is 7.33. The minimum Gasteiger partial charge on any atom is -0.486 e. The molecule has 0 aliphatic carbocycles. The first-order valence-corrected chi connectivity index (χ1v) is 10.7. The molecule has 3 aliphatic rings. The Morgan fingerprint density at radius 3 is 2.65 bits per heavy atom. The van der Waals surface area contributed by atoms with Gasteiger partial charge in [0.15, 0.2) is 23.0 Å². The van der Waals surface area contributed by atoms with Gasteiger partial charge in [-0.2, -0.15) is 0 Å². The van der Waals surface area contributed by atoms with Crippen LogP contribution in [0, 0.1) is 0 Å². The van der Waals surface area contributed by atoms with Crippen molar-refractivity contribution >= 4 is 33.2 Å². The molecule has 0 saturated carbocycles. The van der Waals surface area contributed by atoms with Crippen LogP contribution in [0.15, 0.2) is 59.1 Å². The monoisotopic (exact) mass is 480 g/mol. The van der Waals surface area contributed by atoms with Gasteiger partial charge in [-0.25, -0.2) is 0 Å². The molecule has 1 atom stereocenters. The zero-order valence-corrected chi connectivity index (χ0v) is 17.8. The van der Waals surface area contributed by atoms with Gasteiger partial charge in [0.1, 0.15) is 19.4 Å². The number of nitrogens with zero attached hydrogens (tertiary/aromatic N) is 1. The predicted molar refractivity (Wildman–Crippen MR) is 117 cm³/mol.